The third-order valence-electron chi connectivity index (χ3n) is 4.54. The van der Waals surface area contributed by atoms with E-state index in [1.165, 1.54) is 30.3 Å². The Kier molecular flexibility index (Phi) is 4.46. The summed E-state index contributed by atoms with van der Waals surface area (Å²) in [6.07, 6.45) is -0.515. The molecule has 1 aromatic rings. The number of rotatable bonds is 5. The van der Waals surface area contributed by atoms with Gasteiger partial charge in [0, 0.05) is 0 Å². The van der Waals surface area contributed by atoms with E-state index in [4.69, 9.17) is 0 Å². The number of hydrogen-bond donors (Lipinski definition) is 1. The monoisotopic (exact) mass is 356 g/mol. The van der Waals surface area contributed by atoms with Gasteiger partial charge in [0.1, 0.15) is 12.3 Å². The van der Waals surface area contributed by atoms with Gasteiger partial charge < -0.3 is 5.11 Å². The van der Waals surface area contributed by atoms with E-state index in [0.717, 1.165) is 0 Å². The van der Waals surface area contributed by atoms with Gasteiger partial charge in [0.2, 0.25) is 0 Å². The number of carboxylic acids is 1. The summed E-state index contributed by atoms with van der Waals surface area (Å²) < 4.78 is 50.8. The molecule has 0 unspecified atom stereocenters. The zero-order chi connectivity index (χ0) is 17.5. The van der Waals surface area contributed by atoms with Crippen molar-refractivity contribution in [3.63, 3.8) is 0 Å². The number of halogens is 2. The molecule has 1 N–H and O–H groups in total. The Bertz CT molecular complexity index is 756. The first-order valence-corrected chi connectivity index (χ1v) is 9.41. The second kappa shape index (κ2) is 6.27. The molecule has 2 fully saturated rings. The van der Waals surface area contributed by atoms with Gasteiger partial charge in [0.15, 0.2) is 9.84 Å². The van der Waals surface area contributed by atoms with E-state index >= 15 is 0 Å². The highest BCUT2D eigenvalue weighted by Gasteiger charge is 2.37. The SMILES string of the molecule is O=C(O)/C(=C/[C@H]1C[C@@H](F)[C@@H](F)C1)c1ccc(S(=O)(=O)C2CC2)cc1. The molecule has 0 amide bonds. The van der Waals surface area contributed by atoms with Crippen LogP contribution in [-0.2, 0) is 14.6 Å². The van der Waals surface area contributed by atoms with Gasteiger partial charge in [-0.05, 0) is 49.3 Å². The minimum Gasteiger partial charge on any atom is -0.478 e. The van der Waals surface area contributed by atoms with Gasteiger partial charge in [-0.25, -0.2) is 22.0 Å². The van der Waals surface area contributed by atoms with Crippen LogP contribution in [0.2, 0.25) is 0 Å². The number of allylic oxidation sites excluding steroid dienone is 1. The lowest BCUT2D eigenvalue weighted by Crippen LogP contribution is -2.08. The number of carboxylic acid groups (broad SMARTS) is 1. The smallest absolute Gasteiger partial charge is 0.335 e. The maximum absolute atomic E-state index is 13.3. The van der Waals surface area contributed by atoms with Gasteiger partial charge in [-0.15, -0.1) is 0 Å². The maximum atomic E-state index is 13.3. The molecule has 0 bridgehead atoms. The number of benzene rings is 1. The lowest BCUT2D eigenvalue weighted by atomic mass is 9.99. The van der Waals surface area contributed by atoms with Gasteiger partial charge in [-0.2, -0.15) is 0 Å². The van der Waals surface area contributed by atoms with Crippen molar-refractivity contribution < 1.29 is 27.1 Å². The Morgan fingerprint density at radius 3 is 2.08 bits per heavy atom. The first-order chi connectivity index (χ1) is 11.3. The van der Waals surface area contributed by atoms with Crippen molar-refractivity contribution in [3.8, 4) is 0 Å². The molecule has 7 heteroatoms. The molecule has 4 nitrogen and oxygen atoms in total. The van der Waals surface area contributed by atoms with Crippen LogP contribution in [0.3, 0.4) is 0 Å². The largest absolute Gasteiger partial charge is 0.478 e. The van der Waals surface area contributed by atoms with Crippen molar-refractivity contribution >= 4 is 21.4 Å². The quantitative estimate of drug-likeness (QED) is 0.823. The summed E-state index contributed by atoms with van der Waals surface area (Å²) in [6, 6.07) is 5.66. The standard InChI is InChI=1S/C17H18F2O4S/c18-15-8-10(9-16(15)19)7-14(17(20)21)11-1-3-12(4-2-11)24(22,23)13-5-6-13/h1-4,7,10,13,15-16H,5-6,8-9H2,(H,20,21)/b14-7+/t10-,15+,16-. The molecule has 3 rings (SSSR count). The fraction of sp³-hybridized carbons (Fsp3) is 0.471. The fourth-order valence-electron chi connectivity index (χ4n) is 3.03. The molecule has 0 radical (unpaired) electrons. The van der Waals surface area contributed by atoms with Crippen molar-refractivity contribution in [1.29, 1.82) is 0 Å². The van der Waals surface area contributed by atoms with Gasteiger partial charge in [0.25, 0.3) is 0 Å². The predicted molar refractivity (Wildman–Crippen MR) is 84.8 cm³/mol. The van der Waals surface area contributed by atoms with E-state index in [1.807, 2.05) is 0 Å². The Balaban J connectivity index is 1.86. The van der Waals surface area contributed by atoms with Crippen molar-refractivity contribution in [1.82, 2.24) is 0 Å². The summed E-state index contributed by atoms with van der Waals surface area (Å²) in [5.41, 5.74) is 0.270. The topological polar surface area (TPSA) is 71.4 Å². The maximum Gasteiger partial charge on any atom is 0.335 e. The normalized spacial score (nSPS) is 28.1. The molecular formula is C17H18F2O4S. The minimum atomic E-state index is -3.33. The van der Waals surface area contributed by atoms with Crippen LogP contribution in [0.5, 0.6) is 0 Å². The van der Waals surface area contributed by atoms with Crippen LogP contribution in [0.15, 0.2) is 35.2 Å². The Labute approximate surface area is 139 Å². The highest BCUT2D eigenvalue weighted by molar-refractivity contribution is 7.92. The van der Waals surface area contributed by atoms with Crippen LogP contribution >= 0.6 is 0 Å². The third kappa shape index (κ3) is 3.36. The molecule has 24 heavy (non-hydrogen) atoms. The van der Waals surface area contributed by atoms with Gasteiger partial charge >= 0.3 is 5.97 Å². The lowest BCUT2D eigenvalue weighted by molar-refractivity contribution is -0.130. The minimum absolute atomic E-state index is 0.0356. The summed E-state index contributed by atoms with van der Waals surface area (Å²) in [5, 5.41) is 9.04. The fourth-order valence-corrected chi connectivity index (χ4v) is 4.68. The van der Waals surface area contributed by atoms with Crippen LogP contribution in [0.25, 0.3) is 5.57 Å². The average Bonchev–Trinajstić information content (AvgIpc) is 3.33. The van der Waals surface area contributed by atoms with Crippen molar-refractivity contribution in [2.45, 2.75) is 48.2 Å². The first-order valence-electron chi connectivity index (χ1n) is 7.86. The zero-order valence-corrected chi connectivity index (χ0v) is 13.7. The summed E-state index contributed by atoms with van der Waals surface area (Å²) in [5.74, 6) is -1.68. The van der Waals surface area contributed by atoms with E-state index in [1.54, 1.807) is 0 Å². The first kappa shape index (κ1) is 17.1. The second-order valence-electron chi connectivity index (χ2n) is 6.42. The van der Waals surface area contributed by atoms with E-state index < -0.39 is 34.1 Å². The Morgan fingerprint density at radius 2 is 1.62 bits per heavy atom. The third-order valence-corrected chi connectivity index (χ3v) is 6.82. The Morgan fingerprint density at radius 1 is 1.08 bits per heavy atom. The molecular weight excluding hydrogens is 338 g/mol. The summed E-state index contributed by atoms with van der Waals surface area (Å²) in [4.78, 5) is 11.6. The summed E-state index contributed by atoms with van der Waals surface area (Å²) in [6.45, 7) is 0. The molecule has 0 aromatic heterocycles. The molecule has 0 saturated heterocycles. The molecule has 3 atom stereocenters. The number of sulfone groups is 1. The van der Waals surface area contributed by atoms with Crippen LogP contribution in [-0.4, -0.2) is 37.1 Å². The number of carbonyl (C=O) groups is 1. The van der Waals surface area contributed by atoms with E-state index in [0.29, 0.717) is 18.4 Å². The zero-order valence-electron chi connectivity index (χ0n) is 12.9. The van der Waals surface area contributed by atoms with Gasteiger partial charge in [0.05, 0.1) is 15.7 Å². The van der Waals surface area contributed by atoms with Crippen LogP contribution < -0.4 is 0 Å². The molecule has 0 spiro atoms. The summed E-state index contributed by atoms with van der Waals surface area (Å²) in [7, 11) is -3.33. The lowest BCUT2D eigenvalue weighted by Gasteiger charge is -2.08. The Hall–Kier alpha value is -1.76. The van der Waals surface area contributed by atoms with Crippen LogP contribution in [0.1, 0.15) is 31.2 Å². The molecule has 1 aromatic carbocycles. The summed E-state index contributed by atoms with van der Waals surface area (Å²) >= 11 is 0. The average molecular weight is 356 g/mol. The highest BCUT2D eigenvalue weighted by atomic mass is 32.2. The van der Waals surface area contributed by atoms with E-state index in [-0.39, 0.29) is 28.6 Å². The highest BCUT2D eigenvalue weighted by Crippen LogP contribution is 2.35. The van der Waals surface area contributed by atoms with Gasteiger partial charge in [-0.3, -0.25) is 0 Å². The van der Waals surface area contributed by atoms with Crippen LogP contribution in [0, 0.1) is 5.92 Å². The molecule has 2 aliphatic carbocycles. The molecule has 0 heterocycles. The van der Waals surface area contributed by atoms with E-state index in [2.05, 4.69) is 0 Å². The number of hydrogen-bond acceptors (Lipinski definition) is 3. The molecule has 0 aliphatic heterocycles. The van der Waals surface area contributed by atoms with Gasteiger partial charge in [-0.1, -0.05) is 18.2 Å². The van der Waals surface area contributed by atoms with E-state index in [9.17, 15) is 27.1 Å². The predicted octanol–water partition coefficient (Wildman–Crippen LogP) is 3.18. The van der Waals surface area contributed by atoms with Crippen LogP contribution in [0.4, 0.5) is 8.78 Å². The van der Waals surface area contributed by atoms with Crippen molar-refractivity contribution in [3.05, 3.63) is 35.9 Å². The molecule has 2 saturated carbocycles. The number of aliphatic carboxylic acids is 1. The molecule has 2 aliphatic rings. The van der Waals surface area contributed by atoms with Crippen molar-refractivity contribution in [2.24, 2.45) is 5.92 Å². The second-order valence-corrected chi connectivity index (χ2v) is 8.65. The van der Waals surface area contributed by atoms with Crippen molar-refractivity contribution in [2.75, 3.05) is 0 Å². The number of alkyl halides is 2. The molecule has 130 valence electrons.